The summed E-state index contributed by atoms with van der Waals surface area (Å²) in [5.41, 5.74) is 6.16. The Morgan fingerprint density at radius 2 is 2.05 bits per heavy atom. The van der Waals surface area contributed by atoms with Gasteiger partial charge in [0.15, 0.2) is 0 Å². The van der Waals surface area contributed by atoms with Gasteiger partial charge in [0.1, 0.15) is 0 Å². The first kappa shape index (κ1) is 15.3. The van der Waals surface area contributed by atoms with Crippen molar-refractivity contribution in [2.75, 3.05) is 25.4 Å². The fourth-order valence-corrected chi connectivity index (χ4v) is 3.84. The van der Waals surface area contributed by atoms with Gasteiger partial charge in [-0.05, 0) is 43.5 Å². The van der Waals surface area contributed by atoms with Gasteiger partial charge in [-0.25, -0.2) is 8.42 Å². The Morgan fingerprint density at radius 1 is 1.35 bits per heavy atom. The lowest BCUT2D eigenvalue weighted by Crippen LogP contribution is -2.43. The molecule has 1 aliphatic heterocycles. The normalized spacial score (nSPS) is 20.9. The highest BCUT2D eigenvalue weighted by Crippen LogP contribution is 2.22. The smallest absolute Gasteiger partial charge is 0.243 e. The van der Waals surface area contributed by atoms with Crippen LogP contribution >= 0.6 is 0 Å². The molecule has 112 valence electrons. The highest BCUT2D eigenvalue weighted by Gasteiger charge is 2.30. The Balaban J connectivity index is 2.10. The molecule has 1 aromatic carbocycles. The third-order valence-corrected chi connectivity index (χ3v) is 5.30. The van der Waals surface area contributed by atoms with Crippen molar-refractivity contribution in [2.45, 2.75) is 37.2 Å². The largest absolute Gasteiger partial charge is 0.399 e. The zero-order chi connectivity index (χ0) is 14.6. The van der Waals surface area contributed by atoms with Crippen molar-refractivity contribution in [2.24, 2.45) is 0 Å². The molecule has 0 spiro atoms. The summed E-state index contributed by atoms with van der Waals surface area (Å²) < 4.78 is 32.3. The van der Waals surface area contributed by atoms with E-state index in [1.54, 1.807) is 24.3 Å². The molecule has 1 fully saturated rings. The van der Waals surface area contributed by atoms with Gasteiger partial charge >= 0.3 is 0 Å². The highest BCUT2D eigenvalue weighted by atomic mass is 32.2. The topological polar surface area (TPSA) is 72.6 Å². The third kappa shape index (κ3) is 3.50. The Bertz CT molecular complexity index is 528. The van der Waals surface area contributed by atoms with Crippen molar-refractivity contribution in [3.05, 3.63) is 24.3 Å². The summed E-state index contributed by atoms with van der Waals surface area (Å²) in [4.78, 5) is 0.294. The maximum absolute atomic E-state index is 12.5. The average Bonchev–Trinajstić information content (AvgIpc) is 2.46. The van der Waals surface area contributed by atoms with Crippen LogP contribution < -0.4 is 5.73 Å². The van der Waals surface area contributed by atoms with E-state index in [0.717, 1.165) is 19.3 Å². The lowest BCUT2D eigenvalue weighted by molar-refractivity contribution is 0.0193. The zero-order valence-corrected chi connectivity index (χ0v) is 12.6. The van der Waals surface area contributed by atoms with Crippen LogP contribution in [0.4, 0.5) is 5.69 Å². The van der Waals surface area contributed by atoms with Crippen LogP contribution in [-0.2, 0) is 14.8 Å². The molecule has 0 bridgehead atoms. The van der Waals surface area contributed by atoms with Crippen molar-refractivity contribution in [3.63, 3.8) is 0 Å². The van der Waals surface area contributed by atoms with Gasteiger partial charge in [0.05, 0.1) is 11.0 Å². The van der Waals surface area contributed by atoms with Crippen LogP contribution in [0, 0.1) is 0 Å². The predicted octanol–water partition coefficient (Wildman–Crippen LogP) is 1.85. The van der Waals surface area contributed by atoms with Gasteiger partial charge in [0, 0.05) is 25.4 Å². The molecule has 2 N–H and O–H groups in total. The molecule has 0 radical (unpaired) electrons. The van der Waals surface area contributed by atoms with E-state index in [0.29, 0.717) is 30.3 Å². The van der Waals surface area contributed by atoms with Crippen LogP contribution in [0.1, 0.15) is 26.2 Å². The van der Waals surface area contributed by atoms with E-state index in [-0.39, 0.29) is 6.10 Å². The van der Waals surface area contributed by atoms with Crippen molar-refractivity contribution >= 4 is 15.7 Å². The molecular weight excluding hydrogens is 276 g/mol. The fraction of sp³-hybridized carbons (Fsp3) is 0.571. The summed E-state index contributed by atoms with van der Waals surface area (Å²) in [6.45, 7) is 3.72. The number of sulfonamides is 1. The molecule has 0 saturated carbocycles. The number of benzene rings is 1. The quantitative estimate of drug-likeness (QED) is 0.842. The molecule has 5 nitrogen and oxygen atoms in total. The van der Waals surface area contributed by atoms with Gasteiger partial charge in [0.25, 0.3) is 0 Å². The van der Waals surface area contributed by atoms with Crippen molar-refractivity contribution in [1.29, 1.82) is 0 Å². The summed E-state index contributed by atoms with van der Waals surface area (Å²) in [6.07, 6.45) is 2.71. The van der Waals surface area contributed by atoms with Crippen LogP contribution in [0.25, 0.3) is 0 Å². The van der Waals surface area contributed by atoms with E-state index in [1.165, 1.54) is 4.31 Å². The molecular formula is C14H22N2O3S. The number of nitrogens with zero attached hydrogens (tertiary/aromatic N) is 1. The highest BCUT2D eigenvalue weighted by molar-refractivity contribution is 7.89. The number of rotatable bonds is 5. The van der Waals surface area contributed by atoms with E-state index in [4.69, 9.17) is 10.5 Å². The van der Waals surface area contributed by atoms with Crippen LogP contribution in [0.3, 0.4) is 0 Å². The minimum absolute atomic E-state index is 0.00672. The molecule has 1 aliphatic rings. The van der Waals surface area contributed by atoms with E-state index >= 15 is 0 Å². The third-order valence-electron chi connectivity index (χ3n) is 3.42. The van der Waals surface area contributed by atoms with E-state index < -0.39 is 10.0 Å². The second kappa shape index (κ2) is 6.56. The second-order valence-electron chi connectivity index (χ2n) is 5.07. The zero-order valence-electron chi connectivity index (χ0n) is 11.8. The molecule has 0 aliphatic carbocycles. The van der Waals surface area contributed by atoms with Gasteiger partial charge in [-0.3, -0.25) is 0 Å². The van der Waals surface area contributed by atoms with Crippen LogP contribution in [0.15, 0.2) is 29.2 Å². The van der Waals surface area contributed by atoms with E-state index in [9.17, 15) is 8.42 Å². The first-order valence-electron chi connectivity index (χ1n) is 7.01. The summed E-state index contributed by atoms with van der Waals surface area (Å²) in [5, 5.41) is 0. The first-order chi connectivity index (χ1) is 9.54. The van der Waals surface area contributed by atoms with Crippen molar-refractivity contribution < 1.29 is 13.2 Å². The molecule has 0 amide bonds. The molecule has 2 rings (SSSR count). The van der Waals surface area contributed by atoms with Crippen LogP contribution in [-0.4, -0.2) is 38.5 Å². The Labute approximate surface area is 120 Å². The molecule has 1 heterocycles. The van der Waals surface area contributed by atoms with Crippen LogP contribution in [0.2, 0.25) is 0 Å². The lowest BCUT2D eigenvalue weighted by Gasteiger charge is -2.31. The Morgan fingerprint density at radius 3 is 2.70 bits per heavy atom. The summed E-state index contributed by atoms with van der Waals surface area (Å²) in [6, 6.07) is 6.34. The lowest BCUT2D eigenvalue weighted by atomic mass is 10.1. The van der Waals surface area contributed by atoms with E-state index in [1.807, 2.05) is 6.92 Å². The van der Waals surface area contributed by atoms with Gasteiger partial charge in [0.2, 0.25) is 10.0 Å². The Kier molecular flexibility index (Phi) is 5.01. The number of nitrogens with two attached hydrogens (primary N) is 1. The van der Waals surface area contributed by atoms with Gasteiger partial charge in [-0.1, -0.05) is 6.92 Å². The van der Waals surface area contributed by atoms with E-state index in [2.05, 4.69) is 0 Å². The number of anilines is 1. The van der Waals surface area contributed by atoms with Gasteiger partial charge < -0.3 is 10.5 Å². The maximum atomic E-state index is 12.5. The molecule has 6 heteroatoms. The minimum atomic E-state index is -3.44. The summed E-state index contributed by atoms with van der Waals surface area (Å²) >= 11 is 0. The summed E-state index contributed by atoms with van der Waals surface area (Å²) in [5.74, 6) is 0. The van der Waals surface area contributed by atoms with Gasteiger partial charge in [-0.15, -0.1) is 0 Å². The number of ether oxygens (including phenoxy) is 1. The number of nitrogen functional groups attached to an aromatic ring is 1. The summed E-state index contributed by atoms with van der Waals surface area (Å²) in [7, 11) is -3.44. The predicted molar refractivity (Wildman–Crippen MR) is 78.9 cm³/mol. The molecule has 1 aromatic rings. The van der Waals surface area contributed by atoms with Crippen LogP contribution in [0.5, 0.6) is 0 Å². The minimum Gasteiger partial charge on any atom is -0.399 e. The number of hydrogen-bond acceptors (Lipinski definition) is 4. The molecule has 20 heavy (non-hydrogen) atoms. The monoisotopic (exact) mass is 298 g/mol. The molecule has 1 atom stereocenters. The SMILES string of the molecule is CCCOC1CCCN(S(=O)(=O)c2ccc(N)cc2)C1. The van der Waals surface area contributed by atoms with Crippen molar-refractivity contribution in [3.8, 4) is 0 Å². The number of piperidine rings is 1. The Hall–Kier alpha value is -1.11. The molecule has 1 saturated heterocycles. The first-order valence-corrected chi connectivity index (χ1v) is 8.45. The second-order valence-corrected chi connectivity index (χ2v) is 7.01. The standard InChI is InChI=1S/C14H22N2O3S/c1-2-10-19-13-4-3-9-16(11-13)20(17,18)14-7-5-12(15)6-8-14/h5-8,13H,2-4,9-11,15H2,1H3. The van der Waals surface area contributed by atoms with Crippen molar-refractivity contribution in [1.82, 2.24) is 4.31 Å². The average molecular weight is 298 g/mol. The molecule has 1 unspecified atom stereocenters. The maximum Gasteiger partial charge on any atom is 0.243 e. The van der Waals surface area contributed by atoms with Gasteiger partial charge in [-0.2, -0.15) is 4.31 Å². The number of hydrogen-bond donors (Lipinski definition) is 1. The fourth-order valence-electron chi connectivity index (χ4n) is 2.33. The molecule has 0 aromatic heterocycles.